The molecule has 1 aliphatic rings. The monoisotopic (exact) mass is 294 g/mol. The van der Waals surface area contributed by atoms with Crippen molar-refractivity contribution in [1.82, 2.24) is 15.3 Å². The van der Waals surface area contributed by atoms with Gasteiger partial charge in [-0.3, -0.25) is 4.79 Å². The molecule has 0 radical (unpaired) electrons. The molecule has 1 aromatic rings. The highest BCUT2D eigenvalue weighted by Crippen LogP contribution is 2.29. The van der Waals surface area contributed by atoms with Crippen molar-refractivity contribution in [2.75, 3.05) is 11.9 Å². The smallest absolute Gasteiger partial charge is 0.368 e. The molecular weight excluding hydrogens is 285 g/mol. The molecule has 1 saturated heterocycles. The van der Waals surface area contributed by atoms with Gasteiger partial charge in [-0.15, -0.1) is 0 Å². The fraction of sp³-hybridized carbons (Fsp3) is 0.500. The van der Waals surface area contributed by atoms with E-state index in [-0.39, 0.29) is 24.3 Å². The van der Waals surface area contributed by atoms with Gasteiger partial charge >= 0.3 is 6.18 Å². The first-order chi connectivity index (χ1) is 8.84. The van der Waals surface area contributed by atoms with Gasteiger partial charge in [-0.2, -0.15) is 13.2 Å². The van der Waals surface area contributed by atoms with E-state index in [0.717, 1.165) is 6.07 Å². The van der Waals surface area contributed by atoms with E-state index >= 15 is 0 Å². The van der Waals surface area contributed by atoms with Crippen molar-refractivity contribution in [2.24, 2.45) is 0 Å². The number of halogens is 4. The maximum Gasteiger partial charge on any atom is 0.433 e. The summed E-state index contributed by atoms with van der Waals surface area (Å²) in [6.45, 7) is 0.288. The molecule has 5 nitrogen and oxygen atoms in total. The van der Waals surface area contributed by atoms with Crippen molar-refractivity contribution < 1.29 is 18.0 Å². The lowest BCUT2D eigenvalue weighted by Crippen LogP contribution is -2.32. The minimum Gasteiger partial charge on any atom is -0.368 e. The van der Waals surface area contributed by atoms with Crippen LogP contribution in [0.25, 0.3) is 0 Å². The van der Waals surface area contributed by atoms with Crippen molar-refractivity contribution in [2.45, 2.75) is 25.1 Å². The molecule has 19 heavy (non-hydrogen) atoms. The Balaban J connectivity index is 2.04. The second-order valence-electron chi connectivity index (χ2n) is 4.09. The van der Waals surface area contributed by atoms with Crippen LogP contribution in [0.5, 0.6) is 0 Å². The Morgan fingerprint density at radius 2 is 2.21 bits per heavy atom. The second-order valence-corrected chi connectivity index (χ2v) is 4.43. The summed E-state index contributed by atoms with van der Waals surface area (Å²) in [7, 11) is 0. The Bertz CT molecular complexity index is 494. The molecule has 0 saturated carbocycles. The Kier molecular flexibility index (Phi) is 3.79. The average molecular weight is 295 g/mol. The van der Waals surface area contributed by atoms with Crippen molar-refractivity contribution >= 4 is 23.3 Å². The van der Waals surface area contributed by atoms with Crippen LogP contribution in [0.3, 0.4) is 0 Å². The van der Waals surface area contributed by atoms with E-state index in [2.05, 4.69) is 20.6 Å². The van der Waals surface area contributed by atoms with Crippen molar-refractivity contribution in [1.29, 1.82) is 0 Å². The number of amides is 1. The van der Waals surface area contributed by atoms with Crippen LogP contribution in [0.4, 0.5) is 19.0 Å². The van der Waals surface area contributed by atoms with Gasteiger partial charge in [-0.05, 0) is 18.0 Å². The molecule has 1 amide bonds. The SMILES string of the molecule is O=C1CCC(CNc2cc(C(F)(F)F)nc(Cl)n2)N1. The number of nitrogens with zero attached hydrogens (tertiary/aromatic N) is 2. The number of carbonyl (C=O) groups excluding carboxylic acids is 1. The minimum absolute atomic E-state index is 0.0199. The van der Waals surface area contributed by atoms with Crippen LogP contribution in [0.2, 0.25) is 5.28 Å². The van der Waals surface area contributed by atoms with Crippen LogP contribution in [0, 0.1) is 0 Å². The maximum atomic E-state index is 12.5. The lowest BCUT2D eigenvalue weighted by molar-refractivity contribution is -0.141. The molecule has 1 unspecified atom stereocenters. The van der Waals surface area contributed by atoms with E-state index < -0.39 is 17.2 Å². The predicted molar refractivity (Wildman–Crippen MR) is 61.7 cm³/mol. The molecule has 1 atom stereocenters. The zero-order valence-electron chi connectivity index (χ0n) is 9.59. The highest BCUT2D eigenvalue weighted by atomic mass is 35.5. The van der Waals surface area contributed by atoms with E-state index in [1.165, 1.54) is 0 Å². The van der Waals surface area contributed by atoms with Crippen LogP contribution in [-0.2, 0) is 11.0 Å². The first-order valence-electron chi connectivity index (χ1n) is 5.49. The van der Waals surface area contributed by atoms with E-state index in [9.17, 15) is 18.0 Å². The topological polar surface area (TPSA) is 66.9 Å². The molecule has 2 rings (SSSR count). The minimum atomic E-state index is -4.58. The number of alkyl halides is 3. The quantitative estimate of drug-likeness (QED) is 0.835. The first-order valence-corrected chi connectivity index (χ1v) is 5.87. The summed E-state index contributed by atoms with van der Waals surface area (Å²) in [5, 5.41) is 4.91. The normalized spacial score (nSPS) is 19.4. The van der Waals surface area contributed by atoms with Gasteiger partial charge in [-0.25, -0.2) is 9.97 Å². The predicted octanol–water partition coefficient (Wildman–Crippen LogP) is 1.84. The van der Waals surface area contributed by atoms with Crippen molar-refractivity contribution in [3.63, 3.8) is 0 Å². The molecule has 2 N–H and O–H groups in total. The van der Waals surface area contributed by atoms with Gasteiger partial charge in [-0.1, -0.05) is 0 Å². The third-order valence-electron chi connectivity index (χ3n) is 2.60. The standard InChI is InChI=1S/C10H10ClF3N4O/c11-9-17-6(10(12,13)14)3-7(18-9)15-4-5-1-2-8(19)16-5/h3,5H,1-2,4H2,(H,16,19)(H,15,17,18). The lowest BCUT2D eigenvalue weighted by Gasteiger charge is -2.13. The van der Waals surface area contributed by atoms with Crippen LogP contribution in [-0.4, -0.2) is 28.5 Å². The second kappa shape index (κ2) is 5.20. The van der Waals surface area contributed by atoms with Gasteiger partial charge in [0.25, 0.3) is 0 Å². The summed E-state index contributed by atoms with van der Waals surface area (Å²) in [4.78, 5) is 17.7. The summed E-state index contributed by atoms with van der Waals surface area (Å²) in [5.74, 6) is -0.0861. The molecule has 0 aromatic carbocycles. The summed E-state index contributed by atoms with van der Waals surface area (Å²) in [5.41, 5.74) is -1.11. The van der Waals surface area contributed by atoms with Crippen LogP contribution in [0.1, 0.15) is 18.5 Å². The molecular formula is C10H10ClF3N4O. The van der Waals surface area contributed by atoms with Gasteiger partial charge < -0.3 is 10.6 Å². The number of hydrogen-bond donors (Lipinski definition) is 2. The number of carbonyl (C=O) groups is 1. The van der Waals surface area contributed by atoms with Crippen LogP contribution < -0.4 is 10.6 Å². The molecule has 1 aliphatic heterocycles. The number of anilines is 1. The summed E-state index contributed by atoms with van der Waals surface area (Å²) in [6.07, 6.45) is -3.52. The fourth-order valence-corrected chi connectivity index (χ4v) is 1.89. The zero-order chi connectivity index (χ0) is 14.0. The molecule has 9 heteroatoms. The number of hydrogen-bond acceptors (Lipinski definition) is 4. The molecule has 0 bridgehead atoms. The zero-order valence-corrected chi connectivity index (χ0v) is 10.3. The number of nitrogens with one attached hydrogen (secondary N) is 2. The summed E-state index contributed by atoms with van der Waals surface area (Å²) < 4.78 is 37.5. The summed E-state index contributed by atoms with van der Waals surface area (Å²) in [6, 6.07) is 0.665. The molecule has 104 valence electrons. The highest BCUT2D eigenvalue weighted by molar-refractivity contribution is 6.28. The lowest BCUT2D eigenvalue weighted by atomic mass is 10.2. The fourth-order valence-electron chi connectivity index (χ4n) is 1.71. The number of rotatable bonds is 3. The van der Waals surface area contributed by atoms with Gasteiger partial charge in [0.1, 0.15) is 5.82 Å². The maximum absolute atomic E-state index is 12.5. The van der Waals surface area contributed by atoms with E-state index in [4.69, 9.17) is 11.6 Å². The van der Waals surface area contributed by atoms with Crippen LogP contribution in [0.15, 0.2) is 6.07 Å². The Morgan fingerprint density at radius 1 is 1.47 bits per heavy atom. The molecule has 0 spiro atoms. The Labute approximate surface area is 111 Å². The Hall–Kier alpha value is -1.57. The van der Waals surface area contributed by atoms with Crippen molar-refractivity contribution in [3.05, 3.63) is 17.0 Å². The average Bonchev–Trinajstić information content (AvgIpc) is 2.71. The Morgan fingerprint density at radius 3 is 2.79 bits per heavy atom. The highest BCUT2D eigenvalue weighted by Gasteiger charge is 2.33. The largest absolute Gasteiger partial charge is 0.433 e. The molecule has 1 aromatic heterocycles. The molecule has 0 aliphatic carbocycles. The molecule has 1 fully saturated rings. The third-order valence-corrected chi connectivity index (χ3v) is 2.77. The summed E-state index contributed by atoms with van der Waals surface area (Å²) >= 11 is 5.44. The van der Waals surface area contributed by atoms with E-state index in [1.807, 2.05) is 0 Å². The van der Waals surface area contributed by atoms with Crippen LogP contribution >= 0.6 is 11.6 Å². The van der Waals surface area contributed by atoms with Gasteiger partial charge in [0, 0.05) is 25.1 Å². The van der Waals surface area contributed by atoms with E-state index in [0.29, 0.717) is 12.8 Å². The number of aromatic nitrogens is 2. The van der Waals surface area contributed by atoms with Gasteiger partial charge in [0.2, 0.25) is 11.2 Å². The van der Waals surface area contributed by atoms with Gasteiger partial charge in [0.15, 0.2) is 5.69 Å². The van der Waals surface area contributed by atoms with E-state index in [1.54, 1.807) is 0 Å². The first kappa shape index (κ1) is 13.9. The van der Waals surface area contributed by atoms with Crippen molar-refractivity contribution in [3.8, 4) is 0 Å². The van der Waals surface area contributed by atoms with Gasteiger partial charge in [0.05, 0.1) is 0 Å². The third kappa shape index (κ3) is 3.69. The molecule has 2 heterocycles.